The van der Waals surface area contributed by atoms with E-state index in [2.05, 4.69) is 5.32 Å². The van der Waals surface area contributed by atoms with Gasteiger partial charge in [0.1, 0.15) is 5.82 Å². The lowest BCUT2D eigenvalue weighted by atomic mass is 10.1. The molecule has 4 heteroatoms. The molecule has 1 aromatic rings. The Balaban J connectivity index is 2.55. The first-order valence-electron chi connectivity index (χ1n) is 6.33. The molecule has 1 atom stereocenters. The largest absolute Gasteiger partial charge is 0.352 e. The Hall–Kier alpha value is -1.42. The van der Waals surface area contributed by atoms with Crippen LogP contribution in [0.25, 0.3) is 0 Å². The summed E-state index contributed by atoms with van der Waals surface area (Å²) in [6.45, 7) is 4.46. The number of carbonyl (C=O) groups is 1. The zero-order valence-corrected chi connectivity index (χ0v) is 11.0. The summed E-state index contributed by atoms with van der Waals surface area (Å²) in [5.74, 6) is -0.373. The van der Waals surface area contributed by atoms with Crippen LogP contribution >= 0.6 is 0 Å². The van der Waals surface area contributed by atoms with Crippen molar-refractivity contribution < 1.29 is 9.18 Å². The van der Waals surface area contributed by atoms with Gasteiger partial charge in [-0.3, -0.25) is 4.79 Å². The maximum absolute atomic E-state index is 13.6. The Bertz CT molecular complexity index is 407. The van der Waals surface area contributed by atoms with E-state index < -0.39 is 0 Å². The van der Waals surface area contributed by atoms with Crippen molar-refractivity contribution in [2.45, 2.75) is 39.8 Å². The number of benzene rings is 1. The number of halogens is 1. The SMILES string of the molecule is CCCC(C)C(=O)NCc1ccc(CN)cc1F. The lowest BCUT2D eigenvalue weighted by molar-refractivity contribution is -0.124. The van der Waals surface area contributed by atoms with Crippen molar-refractivity contribution in [3.63, 3.8) is 0 Å². The maximum atomic E-state index is 13.6. The average molecular weight is 252 g/mol. The Morgan fingerprint density at radius 1 is 1.50 bits per heavy atom. The molecular weight excluding hydrogens is 231 g/mol. The molecule has 0 fully saturated rings. The van der Waals surface area contributed by atoms with Crippen LogP contribution in [0, 0.1) is 11.7 Å². The normalized spacial score (nSPS) is 12.2. The minimum Gasteiger partial charge on any atom is -0.352 e. The summed E-state index contributed by atoms with van der Waals surface area (Å²) in [7, 11) is 0. The van der Waals surface area contributed by atoms with Crippen molar-refractivity contribution in [3.05, 3.63) is 35.1 Å². The average Bonchev–Trinajstić information content (AvgIpc) is 2.37. The van der Waals surface area contributed by atoms with Gasteiger partial charge in [0.25, 0.3) is 0 Å². The first-order chi connectivity index (χ1) is 8.58. The summed E-state index contributed by atoms with van der Waals surface area (Å²) in [5.41, 5.74) is 6.67. The van der Waals surface area contributed by atoms with Crippen molar-refractivity contribution in [1.82, 2.24) is 5.32 Å². The molecule has 0 aliphatic carbocycles. The van der Waals surface area contributed by atoms with Crippen molar-refractivity contribution in [3.8, 4) is 0 Å². The number of amides is 1. The van der Waals surface area contributed by atoms with E-state index in [1.807, 2.05) is 13.8 Å². The van der Waals surface area contributed by atoms with Gasteiger partial charge >= 0.3 is 0 Å². The molecule has 0 saturated carbocycles. The maximum Gasteiger partial charge on any atom is 0.223 e. The second-order valence-corrected chi connectivity index (χ2v) is 4.54. The van der Waals surface area contributed by atoms with Gasteiger partial charge in [-0.05, 0) is 18.1 Å². The van der Waals surface area contributed by atoms with Crippen LogP contribution in [0.3, 0.4) is 0 Å². The first-order valence-corrected chi connectivity index (χ1v) is 6.33. The van der Waals surface area contributed by atoms with Gasteiger partial charge in [0, 0.05) is 24.6 Å². The van der Waals surface area contributed by atoms with Crippen LogP contribution in [0.2, 0.25) is 0 Å². The third kappa shape index (κ3) is 4.11. The summed E-state index contributed by atoms with van der Waals surface area (Å²) in [6, 6.07) is 4.86. The molecule has 1 unspecified atom stereocenters. The molecule has 0 aliphatic rings. The van der Waals surface area contributed by atoms with Gasteiger partial charge in [0.05, 0.1) is 0 Å². The highest BCUT2D eigenvalue weighted by Crippen LogP contribution is 2.11. The predicted molar refractivity (Wildman–Crippen MR) is 70.2 cm³/mol. The molecule has 100 valence electrons. The van der Waals surface area contributed by atoms with Crippen LogP contribution in [0.1, 0.15) is 37.8 Å². The number of hydrogen-bond donors (Lipinski definition) is 2. The van der Waals surface area contributed by atoms with Gasteiger partial charge in [-0.2, -0.15) is 0 Å². The third-order valence-corrected chi connectivity index (χ3v) is 2.98. The van der Waals surface area contributed by atoms with E-state index in [1.54, 1.807) is 12.1 Å². The molecule has 0 aliphatic heterocycles. The molecule has 18 heavy (non-hydrogen) atoms. The molecule has 0 radical (unpaired) electrons. The van der Waals surface area contributed by atoms with Gasteiger partial charge in [-0.25, -0.2) is 4.39 Å². The first kappa shape index (κ1) is 14.6. The van der Waals surface area contributed by atoms with E-state index in [-0.39, 0.29) is 24.2 Å². The standard InChI is InChI=1S/C14H21FN2O/c1-3-4-10(2)14(18)17-9-12-6-5-11(8-16)7-13(12)15/h5-7,10H,3-4,8-9,16H2,1-2H3,(H,17,18). The van der Waals surface area contributed by atoms with Gasteiger partial charge in [-0.15, -0.1) is 0 Å². The Labute approximate surface area is 108 Å². The van der Waals surface area contributed by atoms with E-state index >= 15 is 0 Å². The van der Waals surface area contributed by atoms with Crippen molar-refractivity contribution >= 4 is 5.91 Å². The fourth-order valence-corrected chi connectivity index (χ4v) is 1.78. The number of nitrogens with one attached hydrogen (secondary N) is 1. The predicted octanol–water partition coefficient (Wildman–Crippen LogP) is 2.34. The molecule has 0 heterocycles. The van der Waals surface area contributed by atoms with E-state index in [4.69, 9.17) is 5.73 Å². The Morgan fingerprint density at radius 2 is 2.22 bits per heavy atom. The van der Waals surface area contributed by atoms with Crippen molar-refractivity contribution in [2.24, 2.45) is 11.7 Å². The van der Waals surface area contributed by atoms with E-state index in [0.717, 1.165) is 18.4 Å². The molecule has 1 amide bonds. The smallest absolute Gasteiger partial charge is 0.223 e. The fourth-order valence-electron chi connectivity index (χ4n) is 1.78. The van der Waals surface area contributed by atoms with Crippen molar-refractivity contribution in [1.29, 1.82) is 0 Å². The monoisotopic (exact) mass is 252 g/mol. The van der Waals surface area contributed by atoms with E-state index in [9.17, 15) is 9.18 Å². The molecule has 0 bridgehead atoms. The highest BCUT2D eigenvalue weighted by atomic mass is 19.1. The molecule has 1 aromatic carbocycles. The zero-order valence-electron chi connectivity index (χ0n) is 11.0. The molecule has 0 spiro atoms. The number of nitrogens with two attached hydrogens (primary N) is 1. The molecular formula is C14H21FN2O. The number of rotatable bonds is 6. The summed E-state index contributed by atoms with van der Waals surface area (Å²) in [4.78, 5) is 11.7. The molecule has 3 nitrogen and oxygen atoms in total. The number of carbonyl (C=O) groups excluding carboxylic acids is 1. The quantitative estimate of drug-likeness (QED) is 0.816. The van der Waals surface area contributed by atoms with Crippen molar-refractivity contribution in [2.75, 3.05) is 0 Å². The van der Waals surface area contributed by atoms with Crippen LogP contribution < -0.4 is 11.1 Å². The van der Waals surface area contributed by atoms with Crippen LogP contribution in [-0.4, -0.2) is 5.91 Å². The van der Waals surface area contributed by atoms with Crippen LogP contribution in [0.5, 0.6) is 0 Å². The van der Waals surface area contributed by atoms with Gasteiger partial charge in [0.15, 0.2) is 0 Å². The van der Waals surface area contributed by atoms with E-state index in [0.29, 0.717) is 12.1 Å². The molecule has 0 saturated heterocycles. The minimum absolute atomic E-state index is 0.0265. The summed E-state index contributed by atoms with van der Waals surface area (Å²) in [5, 5.41) is 2.75. The van der Waals surface area contributed by atoms with Crippen LogP contribution in [-0.2, 0) is 17.9 Å². The summed E-state index contributed by atoms with van der Waals surface area (Å²) >= 11 is 0. The van der Waals surface area contributed by atoms with Gasteiger partial charge < -0.3 is 11.1 Å². The summed E-state index contributed by atoms with van der Waals surface area (Å²) < 4.78 is 13.6. The van der Waals surface area contributed by atoms with E-state index in [1.165, 1.54) is 6.07 Å². The summed E-state index contributed by atoms with van der Waals surface area (Å²) in [6.07, 6.45) is 1.81. The minimum atomic E-state index is -0.318. The number of hydrogen-bond acceptors (Lipinski definition) is 2. The Kier molecular flexibility index (Phi) is 5.78. The Morgan fingerprint density at radius 3 is 2.78 bits per heavy atom. The third-order valence-electron chi connectivity index (χ3n) is 2.98. The second-order valence-electron chi connectivity index (χ2n) is 4.54. The molecule has 0 aromatic heterocycles. The van der Waals surface area contributed by atoms with Crippen LogP contribution in [0.15, 0.2) is 18.2 Å². The van der Waals surface area contributed by atoms with Crippen LogP contribution in [0.4, 0.5) is 4.39 Å². The second kappa shape index (κ2) is 7.11. The van der Waals surface area contributed by atoms with Gasteiger partial charge in [0.2, 0.25) is 5.91 Å². The lowest BCUT2D eigenvalue weighted by Crippen LogP contribution is -2.29. The molecule has 3 N–H and O–H groups in total. The lowest BCUT2D eigenvalue weighted by Gasteiger charge is -2.11. The highest BCUT2D eigenvalue weighted by molar-refractivity contribution is 5.78. The van der Waals surface area contributed by atoms with Gasteiger partial charge in [-0.1, -0.05) is 32.4 Å². The topological polar surface area (TPSA) is 55.1 Å². The molecule has 1 rings (SSSR count). The zero-order chi connectivity index (χ0) is 13.5. The fraction of sp³-hybridized carbons (Fsp3) is 0.500. The highest BCUT2D eigenvalue weighted by Gasteiger charge is 2.12.